The number of hydrogen-bond acceptors (Lipinski definition) is 5. The molecule has 2 heterocycles. The molecule has 0 unspecified atom stereocenters. The van der Waals surface area contributed by atoms with Gasteiger partial charge in [0.1, 0.15) is 17.3 Å². The summed E-state index contributed by atoms with van der Waals surface area (Å²) in [7, 11) is 1.54. The van der Waals surface area contributed by atoms with E-state index < -0.39 is 5.41 Å². The first-order valence-electron chi connectivity index (χ1n) is 9.26. The van der Waals surface area contributed by atoms with Gasteiger partial charge in [0.05, 0.1) is 18.8 Å². The first-order valence-corrected chi connectivity index (χ1v) is 9.99. The van der Waals surface area contributed by atoms with Crippen LogP contribution in [0.25, 0.3) is 17.5 Å². The highest BCUT2D eigenvalue weighted by Crippen LogP contribution is 2.43. The van der Waals surface area contributed by atoms with Crippen LogP contribution in [-0.2, 0) is 11.8 Å². The lowest BCUT2D eigenvalue weighted by molar-refractivity contribution is 0.403. The van der Waals surface area contributed by atoms with Gasteiger partial charge in [-0.1, -0.05) is 36.4 Å². The molecule has 0 atom stereocenters. The van der Waals surface area contributed by atoms with Crippen molar-refractivity contribution < 1.29 is 13.5 Å². The van der Waals surface area contributed by atoms with Crippen LogP contribution in [0.1, 0.15) is 22.4 Å². The zero-order chi connectivity index (χ0) is 20.7. The Hall–Kier alpha value is -3.39. The van der Waals surface area contributed by atoms with Gasteiger partial charge in [0.25, 0.3) is 5.88 Å². The predicted octanol–water partition coefficient (Wildman–Crippen LogP) is 4.77. The molecule has 5 nitrogen and oxygen atoms in total. The molecule has 150 valence electrons. The molecule has 0 amide bonds. The second kappa shape index (κ2) is 7.14. The van der Waals surface area contributed by atoms with E-state index in [0.29, 0.717) is 23.7 Å². The summed E-state index contributed by atoms with van der Waals surface area (Å²) in [5, 5.41) is 7.57. The summed E-state index contributed by atoms with van der Waals surface area (Å²) in [6, 6.07) is 12.8. The summed E-state index contributed by atoms with van der Waals surface area (Å²) in [6.45, 7) is 0. The Morgan fingerprint density at radius 3 is 2.17 bits per heavy atom. The smallest absolute Gasteiger partial charge is 0.255 e. The molecule has 0 bridgehead atoms. The number of aromatic nitrogens is 4. The van der Waals surface area contributed by atoms with Crippen LogP contribution in [0.3, 0.4) is 0 Å². The highest BCUT2D eigenvalue weighted by molar-refractivity contribution is 6.99. The van der Waals surface area contributed by atoms with Crippen LogP contribution in [0, 0.1) is 11.6 Å². The first-order chi connectivity index (χ1) is 14.6. The summed E-state index contributed by atoms with van der Waals surface area (Å²) in [5.74, 6) is -0.183. The maximum atomic E-state index is 13.6. The zero-order valence-corrected chi connectivity index (χ0v) is 16.7. The van der Waals surface area contributed by atoms with Gasteiger partial charge in [-0.15, -0.1) is 4.37 Å². The van der Waals surface area contributed by atoms with Gasteiger partial charge in [0, 0.05) is 23.1 Å². The Kier molecular flexibility index (Phi) is 4.43. The average molecular weight is 422 g/mol. The fourth-order valence-electron chi connectivity index (χ4n) is 3.96. The topological polar surface area (TPSA) is 63.7 Å². The highest BCUT2D eigenvalue weighted by Gasteiger charge is 2.37. The molecule has 0 spiro atoms. The van der Waals surface area contributed by atoms with Crippen LogP contribution in [0.4, 0.5) is 8.78 Å². The number of H-pyrrole nitrogens is 1. The molecule has 4 aromatic rings. The number of benzene rings is 2. The Morgan fingerprint density at radius 2 is 1.57 bits per heavy atom. The standard InChI is InChI=1S/C22H16F2N4OS/c1-29-21-20(27-30-28-21)19-17-10-11-22(12-18(17)25-26-19,13-2-6-15(23)7-3-13)14-4-8-16(24)9-5-14/h2-11H,12H2,1H3,(H,25,26). The quantitative estimate of drug-likeness (QED) is 0.515. The number of allylic oxidation sites excluding steroid dienone is 1. The molecular weight excluding hydrogens is 406 g/mol. The number of methoxy groups -OCH3 is 1. The van der Waals surface area contributed by atoms with Gasteiger partial charge in [0.15, 0.2) is 5.69 Å². The summed E-state index contributed by atoms with van der Waals surface area (Å²) in [6.07, 6.45) is 4.58. The molecule has 1 N–H and O–H groups in total. The summed E-state index contributed by atoms with van der Waals surface area (Å²) in [4.78, 5) is 0. The van der Waals surface area contributed by atoms with Crippen molar-refractivity contribution in [1.29, 1.82) is 0 Å². The van der Waals surface area contributed by atoms with E-state index in [-0.39, 0.29) is 11.6 Å². The molecule has 1 aliphatic rings. The molecule has 0 aliphatic heterocycles. The predicted molar refractivity (Wildman–Crippen MR) is 110 cm³/mol. The van der Waals surface area contributed by atoms with Gasteiger partial charge in [0.2, 0.25) is 0 Å². The van der Waals surface area contributed by atoms with E-state index in [0.717, 1.165) is 34.1 Å². The first kappa shape index (κ1) is 18.6. The Bertz CT molecular complexity index is 1180. The van der Waals surface area contributed by atoms with Crippen LogP contribution in [-0.4, -0.2) is 26.1 Å². The number of rotatable bonds is 4. The van der Waals surface area contributed by atoms with Crippen molar-refractivity contribution in [1.82, 2.24) is 18.9 Å². The Balaban J connectivity index is 1.65. The van der Waals surface area contributed by atoms with E-state index in [9.17, 15) is 8.78 Å². The lowest BCUT2D eigenvalue weighted by Gasteiger charge is -2.34. The van der Waals surface area contributed by atoms with Gasteiger partial charge in [-0.2, -0.15) is 9.47 Å². The van der Waals surface area contributed by atoms with Crippen molar-refractivity contribution in [3.8, 4) is 17.3 Å². The number of aromatic amines is 1. The summed E-state index contributed by atoms with van der Waals surface area (Å²) in [5.41, 5.74) is 4.27. The van der Waals surface area contributed by atoms with Crippen molar-refractivity contribution in [3.05, 3.63) is 88.6 Å². The minimum atomic E-state index is -0.595. The third-order valence-electron chi connectivity index (χ3n) is 5.47. The fraction of sp³-hybridized carbons (Fsp3) is 0.136. The van der Waals surface area contributed by atoms with Gasteiger partial charge in [-0.3, -0.25) is 5.10 Å². The van der Waals surface area contributed by atoms with Crippen LogP contribution in [0.15, 0.2) is 54.6 Å². The second-order valence-electron chi connectivity index (χ2n) is 7.08. The number of nitrogens with one attached hydrogen (secondary N) is 1. The average Bonchev–Trinajstić information content (AvgIpc) is 3.40. The molecule has 5 rings (SSSR count). The number of ether oxygens (including phenoxy) is 1. The normalized spacial score (nSPS) is 14.5. The van der Waals surface area contributed by atoms with Crippen molar-refractivity contribution in [3.63, 3.8) is 0 Å². The number of fused-ring (bicyclic) bond motifs is 1. The maximum Gasteiger partial charge on any atom is 0.255 e. The number of hydrogen-bond donors (Lipinski definition) is 1. The lowest BCUT2D eigenvalue weighted by Crippen LogP contribution is -2.30. The fourth-order valence-corrected chi connectivity index (χ4v) is 4.48. The monoisotopic (exact) mass is 422 g/mol. The van der Waals surface area contributed by atoms with Gasteiger partial charge in [-0.05, 0) is 35.4 Å². The molecule has 0 saturated carbocycles. The molecule has 8 heteroatoms. The Morgan fingerprint density at radius 1 is 0.933 bits per heavy atom. The third-order valence-corrected chi connectivity index (χ3v) is 5.98. The van der Waals surface area contributed by atoms with Crippen molar-refractivity contribution in [2.24, 2.45) is 0 Å². The van der Waals surface area contributed by atoms with Crippen molar-refractivity contribution >= 4 is 17.8 Å². The molecular formula is C22H16F2N4OS. The lowest BCUT2D eigenvalue weighted by atomic mass is 9.68. The third kappa shape index (κ3) is 2.91. The van der Waals surface area contributed by atoms with Crippen LogP contribution in [0.2, 0.25) is 0 Å². The van der Waals surface area contributed by atoms with E-state index >= 15 is 0 Å². The Labute approximate surface area is 175 Å². The SMILES string of the molecule is COc1nsnc1-c1n[nH]c2c1C=CC(c1ccc(F)cc1)(c1ccc(F)cc1)C2. The molecule has 2 aromatic heterocycles. The van der Waals surface area contributed by atoms with Crippen molar-refractivity contribution in [2.45, 2.75) is 11.8 Å². The van der Waals surface area contributed by atoms with E-state index in [1.165, 1.54) is 24.3 Å². The van der Waals surface area contributed by atoms with Crippen LogP contribution >= 0.6 is 11.7 Å². The largest absolute Gasteiger partial charge is 0.479 e. The number of nitrogens with zero attached hydrogens (tertiary/aromatic N) is 3. The van der Waals surface area contributed by atoms with Crippen molar-refractivity contribution in [2.75, 3.05) is 7.11 Å². The van der Waals surface area contributed by atoms with E-state index in [1.54, 1.807) is 31.4 Å². The van der Waals surface area contributed by atoms with E-state index in [1.807, 2.05) is 6.08 Å². The molecule has 2 aromatic carbocycles. The van der Waals surface area contributed by atoms with Crippen LogP contribution in [0.5, 0.6) is 5.88 Å². The molecule has 0 radical (unpaired) electrons. The molecule has 1 aliphatic carbocycles. The minimum absolute atomic E-state index is 0.305. The zero-order valence-electron chi connectivity index (χ0n) is 15.9. The maximum absolute atomic E-state index is 13.6. The highest BCUT2D eigenvalue weighted by atomic mass is 32.1. The van der Waals surface area contributed by atoms with Gasteiger partial charge < -0.3 is 4.74 Å². The van der Waals surface area contributed by atoms with Gasteiger partial charge in [-0.25, -0.2) is 8.78 Å². The van der Waals surface area contributed by atoms with E-state index in [2.05, 4.69) is 25.0 Å². The molecule has 0 fully saturated rings. The van der Waals surface area contributed by atoms with Gasteiger partial charge >= 0.3 is 0 Å². The minimum Gasteiger partial charge on any atom is -0.479 e. The number of halogens is 2. The van der Waals surface area contributed by atoms with E-state index in [4.69, 9.17) is 4.74 Å². The molecule has 30 heavy (non-hydrogen) atoms. The second-order valence-corrected chi connectivity index (χ2v) is 7.61. The summed E-state index contributed by atoms with van der Waals surface area (Å²) >= 11 is 1.06. The molecule has 0 saturated heterocycles. The van der Waals surface area contributed by atoms with Crippen LogP contribution < -0.4 is 4.74 Å². The summed E-state index contributed by atoms with van der Waals surface area (Å²) < 4.78 is 40.9.